The van der Waals surface area contributed by atoms with E-state index in [4.69, 9.17) is 16.3 Å². The maximum Gasteiger partial charge on any atom is 0.257 e. The Morgan fingerprint density at radius 2 is 1.69 bits per heavy atom. The van der Waals surface area contributed by atoms with E-state index < -0.39 is 0 Å². The van der Waals surface area contributed by atoms with Crippen LogP contribution in [0.15, 0.2) is 48.5 Å². The summed E-state index contributed by atoms with van der Waals surface area (Å²) in [6.45, 7) is 5.26. The molecule has 0 bridgehead atoms. The van der Waals surface area contributed by atoms with Crippen LogP contribution < -0.4 is 15.4 Å². The van der Waals surface area contributed by atoms with Gasteiger partial charge in [-0.3, -0.25) is 9.59 Å². The molecule has 0 saturated heterocycles. The quantitative estimate of drug-likeness (QED) is 0.622. The van der Waals surface area contributed by atoms with Crippen LogP contribution in [0.1, 0.15) is 28.7 Å². The molecular weight excluding hydrogens is 390 g/mol. The third kappa shape index (κ3) is 4.43. The summed E-state index contributed by atoms with van der Waals surface area (Å²) in [5.41, 5.74) is 4.32. The molecule has 0 radical (unpaired) electrons. The number of carbonyl (C=O) groups excluding carboxylic acids is 2. The second-order valence-corrected chi connectivity index (χ2v) is 7.06. The van der Waals surface area contributed by atoms with Gasteiger partial charge in [-0.1, -0.05) is 11.6 Å². The van der Waals surface area contributed by atoms with E-state index in [2.05, 4.69) is 10.6 Å². The Labute approximate surface area is 174 Å². The van der Waals surface area contributed by atoms with Crippen LogP contribution in [0, 0.1) is 13.8 Å². The Kier molecular flexibility index (Phi) is 5.94. The fourth-order valence-electron chi connectivity index (χ4n) is 3.20. The summed E-state index contributed by atoms with van der Waals surface area (Å²) in [5, 5.41) is 5.85. The number of methoxy groups -OCH3 is 1. The summed E-state index contributed by atoms with van der Waals surface area (Å²) in [7, 11) is 1.62. The highest BCUT2D eigenvalue weighted by Gasteiger charge is 2.17. The average Bonchev–Trinajstić information content (AvgIpc) is 2.98. The van der Waals surface area contributed by atoms with Crippen molar-refractivity contribution < 1.29 is 14.3 Å². The standard InChI is InChI=1S/C22H22ClN3O3/c1-13-11-19(14(2)26(13)17-6-8-18(29-4)9-7-17)22(28)25-16-5-10-21(20(23)12-16)24-15(3)27/h5-12H,1-4H3,(H,24,27)(H,25,28). The zero-order valence-electron chi connectivity index (χ0n) is 16.7. The number of nitrogens with zero attached hydrogens (tertiary/aromatic N) is 1. The first kappa shape index (κ1) is 20.5. The molecule has 2 aromatic carbocycles. The average molecular weight is 412 g/mol. The molecule has 1 aromatic heterocycles. The number of aromatic nitrogens is 1. The van der Waals surface area contributed by atoms with Crippen molar-refractivity contribution in [1.82, 2.24) is 4.57 Å². The Bertz CT molecular complexity index is 1070. The van der Waals surface area contributed by atoms with E-state index in [1.807, 2.05) is 48.7 Å². The van der Waals surface area contributed by atoms with Crippen LogP contribution in [0.5, 0.6) is 5.75 Å². The maximum absolute atomic E-state index is 12.8. The first-order chi connectivity index (χ1) is 13.8. The Hall–Kier alpha value is -3.25. The summed E-state index contributed by atoms with van der Waals surface area (Å²) < 4.78 is 7.22. The first-order valence-corrected chi connectivity index (χ1v) is 9.40. The fraction of sp³-hybridized carbons (Fsp3) is 0.182. The van der Waals surface area contributed by atoms with Crippen molar-refractivity contribution in [2.75, 3.05) is 17.7 Å². The van der Waals surface area contributed by atoms with Gasteiger partial charge in [-0.25, -0.2) is 0 Å². The Morgan fingerprint density at radius 3 is 2.28 bits per heavy atom. The van der Waals surface area contributed by atoms with Crippen molar-refractivity contribution in [1.29, 1.82) is 0 Å². The Morgan fingerprint density at radius 1 is 1.00 bits per heavy atom. The minimum absolute atomic E-state index is 0.213. The lowest BCUT2D eigenvalue weighted by atomic mass is 10.2. The molecule has 3 aromatic rings. The predicted octanol–water partition coefficient (Wildman–Crippen LogP) is 4.97. The van der Waals surface area contributed by atoms with Gasteiger partial charge in [-0.15, -0.1) is 0 Å². The molecule has 0 aliphatic carbocycles. The number of rotatable bonds is 5. The largest absolute Gasteiger partial charge is 0.497 e. The number of hydrogen-bond acceptors (Lipinski definition) is 3. The van der Waals surface area contributed by atoms with Gasteiger partial charge in [0.15, 0.2) is 0 Å². The van der Waals surface area contributed by atoms with Gasteiger partial charge in [-0.2, -0.15) is 0 Å². The van der Waals surface area contributed by atoms with Crippen LogP contribution in [0.2, 0.25) is 5.02 Å². The van der Waals surface area contributed by atoms with Gasteiger partial charge in [0.2, 0.25) is 5.91 Å². The summed E-state index contributed by atoms with van der Waals surface area (Å²) in [6.07, 6.45) is 0. The number of hydrogen-bond donors (Lipinski definition) is 2. The lowest BCUT2D eigenvalue weighted by Crippen LogP contribution is -2.13. The molecule has 0 atom stereocenters. The molecule has 2 N–H and O–H groups in total. The molecular formula is C22H22ClN3O3. The maximum atomic E-state index is 12.8. The zero-order chi connectivity index (χ0) is 21.1. The lowest BCUT2D eigenvalue weighted by Gasteiger charge is -2.11. The molecule has 3 rings (SSSR count). The third-order valence-corrected chi connectivity index (χ3v) is 4.86. The van der Waals surface area contributed by atoms with Gasteiger partial charge in [0.25, 0.3) is 5.91 Å². The number of anilines is 2. The molecule has 0 aliphatic rings. The van der Waals surface area contributed by atoms with E-state index in [1.54, 1.807) is 25.3 Å². The molecule has 1 heterocycles. The smallest absolute Gasteiger partial charge is 0.257 e. The van der Waals surface area contributed by atoms with Gasteiger partial charge in [0, 0.05) is 29.7 Å². The van der Waals surface area contributed by atoms with Crippen LogP contribution in [0.25, 0.3) is 5.69 Å². The van der Waals surface area contributed by atoms with Crippen molar-refractivity contribution in [3.63, 3.8) is 0 Å². The summed E-state index contributed by atoms with van der Waals surface area (Å²) in [5.74, 6) is 0.324. The normalized spacial score (nSPS) is 10.5. The molecule has 29 heavy (non-hydrogen) atoms. The molecule has 2 amide bonds. The van der Waals surface area contributed by atoms with Crippen LogP contribution >= 0.6 is 11.6 Å². The molecule has 0 aliphatic heterocycles. The highest BCUT2D eigenvalue weighted by Crippen LogP contribution is 2.27. The summed E-state index contributed by atoms with van der Waals surface area (Å²) in [6, 6.07) is 14.5. The molecule has 0 fully saturated rings. The van der Waals surface area contributed by atoms with E-state index in [9.17, 15) is 9.59 Å². The van der Waals surface area contributed by atoms with Crippen molar-refractivity contribution in [2.24, 2.45) is 0 Å². The van der Waals surface area contributed by atoms with E-state index in [-0.39, 0.29) is 11.8 Å². The molecule has 6 nitrogen and oxygen atoms in total. The van der Waals surface area contributed by atoms with Gasteiger partial charge in [0.05, 0.1) is 23.4 Å². The van der Waals surface area contributed by atoms with Crippen LogP contribution in [0.3, 0.4) is 0 Å². The predicted molar refractivity (Wildman–Crippen MR) is 116 cm³/mol. The number of nitrogens with one attached hydrogen (secondary N) is 2. The SMILES string of the molecule is COc1ccc(-n2c(C)cc(C(=O)Nc3ccc(NC(C)=O)c(Cl)c3)c2C)cc1. The number of carbonyl (C=O) groups is 2. The summed E-state index contributed by atoms with van der Waals surface area (Å²) >= 11 is 6.19. The van der Waals surface area contributed by atoms with Gasteiger partial charge < -0.3 is 19.9 Å². The van der Waals surface area contributed by atoms with Crippen molar-refractivity contribution in [3.8, 4) is 11.4 Å². The molecule has 0 unspecified atom stereocenters. The summed E-state index contributed by atoms with van der Waals surface area (Å²) in [4.78, 5) is 24.0. The third-order valence-electron chi connectivity index (χ3n) is 4.54. The van der Waals surface area contributed by atoms with Gasteiger partial charge in [-0.05, 0) is 62.4 Å². The van der Waals surface area contributed by atoms with Gasteiger partial charge >= 0.3 is 0 Å². The molecule has 150 valence electrons. The highest BCUT2D eigenvalue weighted by molar-refractivity contribution is 6.34. The van der Waals surface area contributed by atoms with Crippen molar-refractivity contribution in [3.05, 3.63) is 70.5 Å². The van der Waals surface area contributed by atoms with Crippen LogP contribution in [-0.4, -0.2) is 23.5 Å². The molecule has 0 spiro atoms. The van der Waals surface area contributed by atoms with Crippen molar-refractivity contribution >= 4 is 34.8 Å². The second kappa shape index (κ2) is 8.41. The number of halogens is 1. The molecule has 0 saturated carbocycles. The van der Waals surface area contributed by atoms with Crippen molar-refractivity contribution in [2.45, 2.75) is 20.8 Å². The minimum atomic E-state index is -0.235. The first-order valence-electron chi connectivity index (χ1n) is 9.02. The second-order valence-electron chi connectivity index (χ2n) is 6.65. The lowest BCUT2D eigenvalue weighted by molar-refractivity contribution is -0.114. The number of amides is 2. The fourth-order valence-corrected chi connectivity index (χ4v) is 3.43. The number of aryl methyl sites for hydroxylation is 1. The minimum Gasteiger partial charge on any atom is -0.497 e. The Balaban J connectivity index is 1.85. The van der Waals surface area contributed by atoms with E-state index in [0.717, 1.165) is 22.8 Å². The van der Waals surface area contributed by atoms with Gasteiger partial charge in [0.1, 0.15) is 5.75 Å². The topological polar surface area (TPSA) is 72.4 Å². The van der Waals surface area contributed by atoms with E-state index in [1.165, 1.54) is 6.92 Å². The van der Waals surface area contributed by atoms with E-state index >= 15 is 0 Å². The van der Waals surface area contributed by atoms with E-state index in [0.29, 0.717) is 22.0 Å². The van der Waals surface area contributed by atoms with Crippen LogP contribution in [0.4, 0.5) is 11.4 Å². The highest BCUT2D eigenvalue weighted by atomic mass is 35.5. The molecule has 7 heteroatoms. The monoisotopic (exact) mass is 411 g/mol. The number of ether oxygens (including phenoxy) is 1. The van der Waals surface area contributed by atoms with Crippen LogP contribution in [-0.2, 0) is 4.79 Å². The number of benzene rings is 2. The zero-order valence-corrected chi connectivity index (χ0v) is 17.4.